The predicted octanol–water partition coefficient (Wildman–Crippen LogP) is 9.74. The SMILES string of the molecule is CCCC(C)(C)CC(c1ccccc1)C(CC)(CCC)C(C)(CCC)C1C(=O)OC(=O)C1C(C)(C)CC. The lowest BCUT2D eigenvalue weighted by Gasteiger charge is -2.58. The van der Waals surface area contributed by atoms with Crippen LogP contribution >= 0.6 is 0 Å². The first-order valence-corrected chi connectivity index (χ1v) is 15.1. The van der Waals surface area contributed by atoms with Gasteiger partial charge in [-0.05, 0) is 65.2 Å². The van der Waals surface area contributed by atoms with Gasteiger partial charge in [-0.15, -0.1) is 0 Å². The molecule has 0 aromatic heterocycles. The number of carbonyl (C=O) groups is 2. The van der Waals surface area contributed by atoms with Gasteiger partial charge in [0, 0.05) is 0 Å². The highest BCUT2D eigenvalue weighted by Gasteiger charge is 2.64. The normalized spacial score (nSPS) is 22.9. The highest BCUT2D eigenvalue weighted by atomic mass is 16.6. The molecule has 0 aliphatic carbocycles. The highest BCUT2D eigenvalue weighted by Crippen LogP contribution is 2.66. The van der Waals surface area contributed by atoms with Gasteiger partial charge in [0.05, 0.1) is 11.8 Å². The number of carbonyl (C=O) groups excluding carboxylic acids is 2. The van der Waals surface area contributed by atoms with Crippen molar-refractivity contribution in [3.05, 3.63) is 35.9 Å². The summed E-state index contributed by atoms with van der Waals surface area (Å²) in [5.41, 5.74) is 0.701. The van der Waals surface area contributed by atoms with Crippen molar-refractivity contribution in [2.75, 3.05) is 0 Å². The lowest BCUT2D eigenvalue weighted by Crippen LogP contribution is -2.54. The van der Waals surface area contributed by atoms with Gasteiger partial charge in [-0.3, -0.25) is 9.59 Å². The molecule has 1 saturated heterocycles. The zero-order chi connectivity index (χ0) is 28.1. The van der Waals surface area contributed by atoms with Crippen molar-refractivity contribution < 1.29 is 14.3 Å². The van der Waals surface area contributed by atoms with Crippen LogP contribution in [0.2, 0.25) is 0 Å². The summed E-state index contributed by atoms with van der Waals surface area (Å²) in [6.07, 6.45) is 9.14. The molecule has 1 fully saturated rings. The predicted molar refractivity (Wildman–Crippen MR) is 155 cm³/mol. The van der Waals surface area contributed by atoms with E-state index >= 15 is 0 Å². The molecule has 1 aromatic rings. The Balaban J connectivity index is 2.90. The van der Waals surface area contributed by atoms with Crippen LogP contribution in [0.5, 0.6) is 0 Å². The third-order valence-electron chi connectivity index (χ3n) is 10.3. The number of ether oxygens (including phenoxy) is 1. The molecule has 1 aliphatic heterocycles. The fourth-order valence-corrected chi connectivity index (χ4v) is 8.13. The second-order valence-electron chi connectivity index (χ2n) is 13.5. The van der Waals surface area contributed by atoms with E-state index in [1.807, 2.05) is 0 Å². The molecule has 3 heteroatoms. The van der Waals surface area contributed by atoms with Crippen LogP contribution in [0.15, 0.2) is 30.3 Å². The van der Waals surface area contributed by atoms with Gasteiger partial charge in [-0.2, -0.15) is 0 Å². The molecule has 0 bridgehead atoms. The third kappa shape index (κ3) is 6.17. The second kappa shape index (κ2) is 12.5. The molecule has 3 nitrogen and oxygen atoms in total. The van der Waals surface area contributed by atoms with Crippen LogP contribution in [0, 0.1) is 33.5 Å². The number of hydrogen-bond donors (Lipinski definition) is 0. The summed E-state index contributed by atoms with van der Waals surface area (Å²) in [5, 5.41) is 0. The molecule has 1 aliphatic rings. The number of rotatable bonds is 15. The largest absolute Gasteiger partial charge is 0.393 e. The first-order valence-electron chi connectivity index (χ1n) is 15.1. The molecule has 2 rings (SSSR count). The number of cyclic esters (lactones) is 2. The number of hydrogen-bond acceptors (Lipinski definition) is 3. The van der Waals surface area contributed by atoms with E-state index in [1.54, 1.807) is 0 Å². The average molecular weight is 513 g/mol. The van der Waals surface area contributed by atoms with E-state index in [1.165, 1.54) is 12.0 Å². The van der Waals surface area contributed by atoms with E-state index in [-0.39, 0.29) is 39.5 Å². The summed E-state index contributed by atoms with van der Waals surface area (Å²) in [6, 6.07) is 11.0. The summed E-state index contributed by atoms with van der Waals surface area (Å²) in [7, 11) is 0. The van der Waals surface area contributed by atoms with E-state index in [0.29, 0.717) is 0 Å². The first-order chi connectivity index (χ1) is 17.3. The summed E-state index contributed by atoms with van der Waals surface area (Å²) in [6.45, 7) is 22.7. The zero-order valence-corrected chi connectivity index (χ0v) is 25.7. The molecule has 1 aromatic carbocycles. The Morgan fingerprint density at radius 2 is 1.27 bits per heavy atom. The van der Waals surface area contributed by atoms with Crippen LogP contribution in [0.25, 0.3) is 0 Å². The number of esters is 2. The van der Waals surface area contributed by atoms with Crippen molar-refractivity contribution in [3.63, 3.8) is 0 Å². The lowest BCUT2D eigenvalue weighted by molar-refractivity contribution is -0.157. The van der Waals surface area contributed by atoms with E-state index in [4.69, 9.17) is 4.74 Å². The number of benzene rings is 1. The molecular weight excluding hydrogens is 456 g/mol. The summed E-state index contributed by atoms with van der Waals surface area (Å²) in [5.74, 6) is -1.16. The maximum atomic E-state index is 13.7. The van der Waals surface area contributed by atoms with E-state index in [9.17, 15) is 9.59 Å². The smallest absolute Gasteiger partial charge is 0.318 e. The van der Waals surface area contributed by atoms with Gasteiger partial charge in [0.25, 0.3) is 0 Å². The second-order valence-corrected chi connectivity index (χ2v) is 13.5. The lowest BCUT2D eigenvalue weighted by atomic mass is 9.44. The van der Waals surface area contributed by atoms with Crippen molar-refractivity contribution in [3.8, 4) is 0 Å². The molecule has 0 N–H and O–H groups in total. The molecule has 210 valence electrons. The minimum atomic E-state index is -0.429. The van der Waals surface area contributed by atoms with Crippen LogP contribution in [0.1, 0.15) is 139 Å². The molecular formula is C34H56O3. The highest BCUT2D eigenvalue weighted by molar-refractivity contribution is 5.97. The average Bonchev–Trinajstić information content (AvgIpc) is 3.16. The molecule has 0 spiro atoms. The van der Waals surface area contributed by atoms with Crippen molar-refractivity contribution in [1.29, 1.82) is 0 Å². The Morgan fingerprint density at radius 3 is 1.76 bits per heavy atom. The Morgan fingerprint density at radius 1 is 0.730 bits per heavy atom. The molecule has 0 radical (unpaired) electrons. The Bertz CT molecular complexity index is 886. The van der Waals surface area contributed by atoms with Crippen molar-refractivity contribution in [1.82, 2.24) is 0 Å². The minimum absolute atomic E-state index is 0.152. The molecule has 0 amide bonds. The Hall–Kier alpha value is -1.64. The minimum Gasteiger partial charge on any atom is -0.393 e. The van der Waals surface area contributed by atoms with Gasteiger partial charge >= 0.3 is 11.9 Å². The van der Waals surface area contributed by atoms with Crippen LogP contribution in [-0.4, -0.2) is 11.9 Å². The summed E-state index contributed by atoms with van der Waals surface area (Å²) in [4.78, 5) is 27.1. The van der Waals surface area contributed by atoms with Gasteiger partial charge in [0.2, 0.25) is 0 Å². The van der Waals surface area contributed by atoms with E-state index < -0.39 is 11.8 Å². The van der Waals surface area contributed by atoms with Crippen LogP contribution in [-0.2, 0) is 14.3 Å². The van der Waals surface area contributed by atoms with Gasteiger partial charge < -0.3 is 4.74 Å². The van der Waals surface area contributed by atoms with E-state index in [0.717, 1.165) is 51.4 Å². The quantitative estimate of drug-likeness (QED) is 0.173. The molecule has 1 heterocycles. The van der Waals surface area contributed by atoms with Crippen molar-refractivity contribution in [2.24, 2.45) is 33.5 Å². The maximum Gasteiger partial charge on any atom is 0.318 e. The van der Waals surface area contributed by atoms with Gasteiger partial charge in [0.15, 0.2) is 0 Å². The molecule has 37 heavy (non-hydrogen) atoms. The maximum absolute atomic E-state index is 13.7. The summed E-state index contributed by atoms with van der Waals surface area (Å²) < 4.78 is 5.53. The Labute approximate surface area is 228 Å². The van der Waals surface area contributed by atoms with E-state index in [2.05, 4.69) is 99.6 Å². The Kier molecular flexibility index (Phi) is 10.6. The van der Waals surface area contributed by atoms with Crippen LogP contribution < -0.4 is 0 Å². The fourth-order valence-electron chi connectivity index (χ4n) is 8.13. The topological polar surface area (TPSA) is 43.4 Å². The van der Waals surface area contributed by atoms with Crippen LogP contribution in [0.3, 0.4) is 0 Å². The monoisotopic (exact) mass is 512 g/mol. The third-order valence-corrected chi connectivity index (χ3v) is 10.3. The first kappa shape index (κ1) is 31.6. The molecule has 5 atom stereocenters. The van der Waals surface area contributed by atoms with Gasteiger partial charge in [-0.1, -0.05) is 125 Å². The van der Waals surface area contributed by atoms with Crippen molar-refractivity contribution in [2.45, 2.75) is 133 Å². The fraction of sp³-hybridized carbons (Fsp3) is 0.765. The summed E-state index contributed by atoms with van der Waals surface area (Å²) >= 11 is 0. The van der Waals surface area contributed by atoms with Gasteiger partial charge in [0.1, 0.15) is 0 Å². The zero-order valence-electron chi connectivity index (χ0n) is 25.7. The van der Waals surface area contributed by atoms with Crippen molar-refractivity contribution >= 4 is 11.9 Å². The molecule has 5 unspecified atom stereocenters. The van der Waals surface area contributed by atoms with Crippen LogP contribution in [0.4, 0.5) is 0 Å². The van der Waals surface area contributed by atoms with Gasteiger partial charge in [-0.25, -0.2) is 0 Å². The standard InChI is InChI=1S/C34H56O3/c1-11-21-31(6,7)24-26(25-19-17-16-18-20-25)34(15-5,23-13-3)33(10,22-12-2)28-27(32(8,9)14-4)29(35)37-30(28)36/h16-20,26-28H,11-15,21-24H2,1-10H3. The molecule has 0 saturated carbocycles.